The highest BCUT2D eigenvalue weighted by atomic mass is 19.1. The molecule has 1 heterocycles. The van der Waals surface area contributed by atoms with Gasteiger partial charge in [-0.15, -0.1) is 0 Å². The lowest BCUT2D eigenvalue weighted by Gasteiger charge is -2.25. The molecule has 0 radical (unpaired) electrons. The summed E-state index contributed by atoms with van der Waals surface area (Å²) in [6.07, 6.45) is -1.54. The lowest BCUT2D eigenvalue weighted by atomic mass is 9.99. The second-order valence-corrected chi connectivity index (χ2v) is 8.61. The summed E-state index contributed by atoms with van der Waals surface area (Å²) in [6.45, 7) is 3.74. The summed E-state index contributed by atoms with van der Waals surface area (Å²) < 4.78 is 19.0. The van der Waals surface area contributed by atoms with Gasteiger partial charge in [-0.05, 0) is 61.4 Å². The molecule has 35 heavy (non-hydrogen) atoms. The van der Waals surface area contributed by atoms with Gasteiger partial charge in [-0.1, -0.05) is 42.5 Å². The number of hydrogen-bond acceptors (Lipinski definition) is 4. The Labute approximate surface area is 202 Å². The summed E-state index contributed by atoms with van der Waals surface area (Å²) in [7, 11) is 0. The number of nitrogens with zero attached hydrogens (tertiary/aromatic N) is 1. The van der Waals surface area contributed by atoms with Crippen molar-refractivity contribution < 1.29 is 23.5 Å². The fraction of sp³-hybridized carbons (Fsp3) is 0.222. The molecule has 1 aliphatic heterocycles. The molecule has 1 aliphatic rings. The number of nitrogens with one attached hydrogen (secondary N) is 2. The third-order valence-corrected chi connectivity index (χ3v) is 5.56. The third-order valence-electron chi connectivity index (χ3n) is 5.56. The molecule has 7 nitrogen and oxygen atoms in total. The highest BCUT2D eigenvalue weighted by molar-refractivity contribution is 6.04. The van der Waals surface area contributed by atoms with E-state index in [1.54, 1.807) is 60.7 Å². The van der Waals surface area contributed by atoms with Gasteiger partial charge in [0.1, 0.15) is 5.82 Å². The molecule has 0 spiro atoms. The maximum Gasteiger partial charge on any atom is 0.411 e. The topological polar surface area (TPSA) is 87.7 Å². The SMILES string of the molecule is CC(C)NC(=O)C1C(c2cccc(NC(=O)c3ccccc3)c2)OC(=O)N1Cc1ccc(F)cc1. The molecular formula is C27H26FN3O4. The van der Waals surface area contributed by atoms with Crippen molar-refractivity contribution in [2.75, 3.05) is 5.32 Å². The molecule has 4 rings (SSSR count). The zero-order chi connectivity index (χ0) is 24.9. The van der Waals surface area contributed by atoms with Crippen molar-refractivity contribution in [3.05, 3.63) is 101 Å². The van der Waals surface area contributed by atoms with E-state index in [4.69, 9.17) is 4.74 Å². The molecule has 8 heteroatoms. The van der Waals surface area contributed by atoms with Crippen LogP contribution >= 0.6 is 0 Å². The smallest absolute Gasteiger partial charge is 0.411 e. The first kappa shape index (κ1) is 23.9. The van der Waals surface area contributed by atoms with Crippen LogP contribution in [0.25, 0.3) is 0 Å². The van der Waals surface area contributed by atoms with Crippen LogP contribution < -0.4 is 10.6 Å². The number of rotatable bonds is 7. The van der Waals surface area contributed by atoms with Crippen LogP contribution in [0.1, 0.15) is 41.4 Å². The Kier molecular flexibility index (Phi) is 7.10. The Hall–Kier alpha value is -4.20. The zero-order valence-electron chi connectivity index (χ0n) is 19.4. The Balaban J connectivity index is 1.61. The maximum absolute atomic E-state index is 13.3. The van der Waals surface area contributed by atoms with Crippen LogP contribution in [0.3, 0.4) is 0 Å². The predicted octanol–water partition coefficient (Wildman–Crippen LogP) is 4.66. The van der Waals surface area contributed by atoms with E-state index in [0.717, 1.165) is 0 Å². The lowest BCUT2D eigenvalue weighted by Crippen LogP contribution is -2.48. The molecule has 3 aromatic carbocycles. The molecule has 0 aromatic heterocycles. The second kappa shape index (κ2) is 10.4. The number of halogens is 1. The molecule has 1 saturated heterocycles. The minimum atomic E-state index is -0.949. The Bertz CT molecular complexity index is 1210. The van der Waals surface area contributed by atoms with Crippen LogP contribution in [-0.2, 0) is 16.1 Å². The van der Waals surface area contributed by atoms with E-state index in [0.29, 0.717) is 22.4 Å². The lowest BCUT2D eigenvalue weighted by molar-refractivity contribution is -0.126. The van der Waals surface area contributed by atoms with Crippen molar-refractivity contribution in [3.63, 3.8) is 0 Å². The molecular weight excluding hydrogens is 449 g/mol. The monoisotopic (exact) mass is 475 g/mol. The molecule has 2 unspecified atom stereocenters. The molecule has 3 aromatic rings. The van der Waals surface area contributed by atoms with Gasteiger partial charge < -0.3 is 15.4 Å². The van der Waals surface area contributed by atoms with E-state index in [1.165, 1.54) is 17.0 Å². The van der Waals surface area contributed by atoms with Gasteiger partial charge in [0.2, 0.25) is 5.91 Å². The second-order valence-electron chi connectivity index (χ2n) is 8.61. The van der Waals surface area contributed by atoms with Crippen molar-refractivity contribution in [2.45, 2.75) is 38.6 Å². The van der Waals surface area contributed by atoms with Gasteiger partial charge in [0, 0.05) is 17.3 Å². The van der Waals surface area contributed by atoms with Gasteiger partial charge in [0.15, 0.2) is 12.1 Å². The summed E-state index contributed by atoms with van der Waals surface area (Å²) >= 11 is 0. The highest BCUT2D eigenvalue weighted by Crippen LogP contribution is 2.35. The molecule has 0 aliphatic carbocycles. The predicted molar refractivity (Wildman–Crippen MR) is 129 cm³/mol. The van der Waals surface area contributed by atoms with Gasteiger partial charge in [-0.3, -0.25) is 14.5 Å². The van der Waals surface area contributed by atoms with Crippen LogP contribution in [0.4, 0.5) is 14.9 Å². The Morgan fingerprint density at radius 2 is 1.71 bits per heavy atom. The van der Waals surface area contributed by atoms with Gasteiger partial charge in [0.05, 0.1) is 6.54 Å². The van der Waals surface area contributed by atoms with E-state index < -0.39 is 18.2 Å². The van der Waals surface area contributed by atoms with E-state index in [2.05, 4.69) is 10.6 Å². The number of ether oxygens (including phenoxy) is 1. The first-order chi connectivity index (χ1) is 16.8. The summed E-state index contributed by atoms with van der Waals surface area (Å²) in [5.74, 6) is -1.03. The van der Waals surface area contributed by atoms with E-state index in [-0.39, 0.29) is 30.2 Å². The number of cyclic esters (lactones) is 1. The number of amides is 3. The number of anilines is 1. The number of carbonyl (C=O) groups is 3. The highest BCUT2D eigenvalue weighted by Gasteiger charge is 2.47. The van der Waals surface area contributed by atoms with Crippen molar-refractivity contribution >= 4 is 23.6 Å². The molecule has 1 fully saturated rings. The summed E-state index contributed by atoms with van der Waals surface area (Å²) in [4.78, 5) is 39.9. The fourth-order valence-corrected chi connectivity index (χ4v) is 3.95. The van der Waals surface area contributed by atoms with Crippen LogP contribution in [0.15, 0.2) is 78.9 Å². The minimum Gasteiger partial charge on any atom is -0.438 e. The van der Waals surface area contributed by atoms with Crippen molar-refractivity contribution in [1.29, 1.82) is 0 Å². The molecule has 0 bridgehead atoms. The number of carbonyl (C=O) groups excluding carboxylic acids is 3. The number of hydrogen-bond donors (Lipinski definition) is 2. The zero-order valence-corrected chi connectivity index (χ0v) is 19.4. The Morgan fingerprint density at radius 1 is 1.00 bits per heavy atom. The molecule has 3 amide bonds. The van der Waals surface area contributed by atoms with Gasteiger partial charge in [-0.2, -0.15) is 0 Å². The van der Waals surface area contributed by atoms with Gasteiger partial charge >= 0.3 is 6.09 Å². The number of benzene rings is 3. The normalized spacial score (nSPS) is 17.3. The summed E-state index contributed by atoms with van der Waals surface area (Å²) in [5.41, 5.74) is 2.24. The Morgan fingerprint density at radius 3 is 2.40 bits per heavy atom. The molecule has 2 N–H and O–H groups in total. The maximum atomic E-state index is 13.3. The average molecular weight is 476 g/mol. The van der Waals surface area contributed by atoms with Crippen molar-refractivity contribution in [1.82, 2.24) is 10.2 Å². The van der Waals surface area contributed by atoms with E-state index in [9.17, 15) is 18.8 Å². The summed E-state index contributed by atoms with van der Waals surface area (Å²) in [6, 6.07) is 20.3. The van der Waals surface area contributed by atoms with Crippen LogP contribution in [0.5, 0.6) is 0 Å². The molecule has 2 atom stereocenters. The van der Waals surface area contributed by atoms with Crippen LogP contribution in [0, 0.1) is 5.82 Å². The first-order valence-corrected chi connectivity index (χ1v) is 11.3. The quantitative estimate of drug-likeness (QED) is 0.520. The largest absolute Gasteiger partial charge is 0.438 e. The first-order valence-electron chi connectivity index (χ1n) is 11.3. The third kappa shape index (κ3) is 5.66. The van der Waals surface area contributed by atoms with E-state index >= 15 is 0 Å². The van der Waals surface area contributed by atoms with Crippen LogP contribution in [-0.4, -0.2) is 34.9 Å². The fourth-order valence-electron chi connectivity index (χ4n) is 3.95. The molecule has 180 valence electrons. The standard InChI is InChI=1S/C27H26FN3O4/c1-17(2)29-26(33)23-24(35-27(34)31(23)16-18-11-13-21(28)14-12-18)20-9-6-10-22(15-20)30-25(32)19-7-4-3-5-8-19/h3-15,17,23-24H,16H2,1-2H3,(H,29,33)(H,30,32). The van der Waals surface area contributed by atoms with Gasteiger partial charge in [0.25, 0.3) is 5.91 Å². The van der Waals surface area contributed by atoms with Crippen molar-refractivity contribution in [3.8, 4) is 0 Å². The van der Waals surface area contributed by atoms with Crippen molar-refractivity contribution in [2.24, 2.45) is 0 Å². The molecule has 0 saturated carbocycles. The summed E-state index contributed by atoms with van der Waals surface area (Å²) in [5, 5.41) is 5.69. The van der Waals surface area contributed by atoms with Gasteiger partial charge in [-0.25, -0.2) is 9.18 Å². The van der Waals surface area contributed by atoms with Crippen LogP contribution in [0.2, 0.25) is 0 Å². The van der Waals surface area contributed by atoms with E-state index in [1.807, 2.05) is 19.9 Å². The minimum absolute atomic E-state index is 0.0796. The average Bonchev–Trinajstić information content (AvgIpc) is 3.17.